The van der Waals surface area contributed by atoms with Crippen molar-refractivity contribution in [2.24, 2.45) is 5.18 Å². The third-order valence-electron chi connectivity index (χ3n) is 2.73. The second-order valence-electron chi connectivity index (χ2n) is 3.85. The number of hydrogen-bond donors (Lipinski definition) is 2. The Kier molecular flexibility index (Phi) is 3.56. The Labute approximate surface area is 119 Å². The van der Waals surface area contributed by atoms with Gasteiger partial charge in [-0.3, -0.25) is 0 Å². The molecular weight excluding hydrogens is 274 g/mol. The van der Waals surface area contributed by atoms with Gasteiger partial charge in [-0.05, 0) is 22.9 Å². The molecule has 0 saturated heterocycles. The summed E-state index contributed by atoms with van der Waals surface area (Å²) in [5.74, 6) is 0.101. The second-order valence-corrected chi connectivity index (χ2v) is 4.26. The first-order valence-electron chi connectivity index (χ1n) is 5.42. The van der Waals surface area contributed by atoms with E-state index >= 15 is 0 Å². The van der Waals surface area contributed by atoms with E-state index in [4.69, 9.17) is 18.0 Å². The van der Waals surface area contributed by atoms with E-state index in [-0.39, 0.29) is 27.3 Å². The number of aromatic nitrogens is 1. The first-order valence-corrected chi connectivity index (χ1v) is 5.83. The number of nitroso groups, excluding NO2 is 1. The highest BCUT2D eigenvalue weighted by molar-refractivity contribution is 7.71. The zero-order chi connectivity index (χ0) is 14.7. The highest BCUT2D eigenvalue weighted by atomic mass is 32.1. The topological polar surface area (TPSA) is 119 Å². The molecule has 96 valence electrons. The quantitative estimate of drug-likeness (QED) is 0.647. The Hall–Kier alpha value is -3.03. The van der Waals surface area contributed by atoms with Gasteiger partial charge < -0.3 is 10.7 Å². The Morgan fingerprint density at radius 3 is 2.25 bits per heavy atom. The van der Waals surface area contributed by atoms with Crippen LogP contribution in [0.15, 0.2) is 29.4 Å². The Morgan fingerprint density at radius 2 is 1.75 bits per heavy atom. The van der Waals surface area contributed by atoms with Crippen LogP contribution in [0.4, 0.5) is 11.5 Å². The largest absolute Gasteiger partial charge is 0.384 e. The number of nitrogens with two attached hydrogens (primary N) is 1. The molecule has 0 bridgehead atoms. The Balaban J connectivity index is 2.84. The maximum Gasteiger partial charge on any atom is 0.123 e. The molecule has 20 heavy (non-hydrogen) atoms. The van der Waals surface area contributed by atoms with Crippen molar-refractivity contribution in [3.63, 3.8) is 0 Å². The number of nitrogen functional groups attached to an aromatic ring is 1. The van der Waals surface area contributed by atoms with Crippen LogP contribution in [0.2, 0.25) is 0 Å². The fourth-order valence-corrected chi connectivity index (χ4v) is 2.08. The van der Waals surface area contributed by atoms with Gasteiger partial charge in [0.05, 0.1) is 5.56 Å². The summed E-state index contributed by atoms with van der Waals surface area (Å²) in [5.41, 5.74) is 7.20. The van der Waals surface area contributed by atoms with Crippen molar-refractivity contribution < 1.29 is 0 Å². The van der Waals surface area contributed by atoms with Crippen LogP contribution >= 0.6 is 12.2 Å². The van der Waals surface area contributed by atoms with Crippen molar-refractivity contribution in [2.45, 2.75) is 0 Å². The normalized spacial score (nSPS) is 9.50. The zero-order valence-corrected chi connectivity index (χ0v) is 10.9. The first kappa shape index (κ1) is 13.4. The number of anilines is 1. The minimum Gasteiger partial charge on any atom is -0.384 e. The van der Waals surface area contributed by atoms with Gasteiger partial charge in [0.2, 0.25) is 0 Å². The van der Waals surface area contributed by atoms with E-state index in [1.165, 1.54) is 12.1 Å². The number of benzene rings is 1. The molecule has 1 aromatic carbocycles. The third-order valence-corrected chi connectivity index (χ3v) is 3.04. The van der Waals surface area contributed by atoms with Crippen molar-refractivity contribution in [1.82, 2.24) is 4.98 Å². The van der Waals surface area contributed by atoms with Crippen LogP contribution in [0.1, 0.15) is 11.1 Å². The minimum absolute atomic E-state index is 0.101. The fourth-order valence-electron chi connectivity index (χ4n) is 1.82. The number of rotatable bonds is 2. The lowest BCUT2D eigenvalue weighted by molar-refractivity contribution is 1.26. The predicted octanol–water partition coefficient (Wildman–Crippen LogP) is 3.13. The van der Waals surface area contributed by atoms with Gasteiger partial charge in [-0.25, -0.2) is 0 Å². The van der Waals surface area contributed by atoms with Crippen molar-refractivity contribution in [1.29, 1.82) is 10.5 Å². The maximum atomic E-state index is 10.4. The van der Waals surface area contributed by atoms with Gasteiger partial charge in [0.1, 0.15) is 33.8 Å². The molecule has 1 heterocycles. The summed E-state index contributed by atoms with van der Waals surface area (Å²) in [7, 11) is 0. The summed E-state index contributed by atoms with van der Waals surface area (Å²) in [6.45, 7) is 0. The highest BCUT2D eigenvalue weighted by Gasteiger charge is 2.16. The molecule has 0 radical (unpaired) electrons. The van der Waals surface area contributed by atoms with E-state index in [1.54, 1.807) is 12.1 Å². The zero-order valence-electron chi connectivity index (χ0n) is 10.0. The van der Waals surface area contributed by atoms with Gasteiger partial charge in [-0.1, -0.05) is 24.4 Å². The monoisotopic (exact) mass is 281 g/mol. The summed E-state index contributed by atoms with van der Waals surface area (Å²) < 4.78 is 0.164. The maximum absolute atomic E-state index is 10.4. The van der Waals surface area contributed by atoms with E-state index in [1.807, 2.05) is 12.1 Å². The standard InChI is InChI=1S/C13H7N5OS/c14-5-9-11(7-1-3-8(18-19)4-2-7)10(6-15)13(20)17-12(9)16/h1-4H,(H3,16,17,20). The number of aromatic amines is 1. The molecule has 0 aliphatic rings. The van der Waals surface area contributed by atoms with Crippen LogP contribution in [-0.4, -0.2) is 4.98 Å². The summed E-state index contributed by atoms with van der Waals surface area (Å²) in [4.78, 5) is 13.0. The molecule has 0 spiro atoms. The number of nitriles is 2. The summed E-state index contributed by atoms with van der Waals surface area (Å²) in [6.07, 6.45) is 0. The number of nitrogens with one attached hydrogen (secondary N) is 1. The SMILES string of the molecule is N#Cc1c(N)[nH]c(=S)c(C#N)c1-c1ccc(N=O)cc1. The number of nitrogens with zero attached hydrogens (tertiary/aromatic N) is 3. The molecule has 0 aliphatic carbocycles. The van der Waals surface area contributed by atoms with E-state index in [0.717, 1.165) is 0 Å². The summed E-state index contributed by atoms with van der Waals surface area (Å²) >= 11 is 5.05. The fraction of sp³-hybridized carbons (Fsp3) is 0. The number of H-pyrrole nitrogens is 1. The molecule has 0 saturated carbocycles. The molecule has 7 heteroatoms. The van der Waals surface area contributed by atoms with E-state index in [2.05, 4.69) is 10.2 Å². The van der Waals surface area contributed by atoms with Crippen molar-refractivity contribution >= 4 is 23.7 Å². The van der Waals surface area contributed by atoms with Gasteiger partial charge in [-0.15, -0.1) is 4.91 Å². The van der Waals surface area contributed by atoms with Crippen LogP contribution in [0.25, 0.3) is 11.1 Å². The van der Waals surface area contributed by atoms with Crippen molar-refractivity contribution in [3.8, 4) is 23.3 Å². The molecule has 0 amide bonds. The van der Waals surface area contributed by atoms with E-state index < -0.39 is 0 Å². The Morgan fingerprint density at radius 1 is 1.15 bits per heavy atom. The molecule has 2 aromatic rings. The highest BCUT2D eigenvalue weighted by Crippen LogP contribution is 2.31. The number of pyridine rings is 1. The van der Waals surface area contributed by atoms with E-state index in [0.29, 0.717) is 11.1 Å². The first-order chi connectivity index (χ1) is 9.62. The van der Waals surface area contributed by atoms with E-state index in [9.17, 15) is 15.4 Å². The molecule has 2 rings (SSSR count). The minimum atomic E-state index is 0.101. The summed E-state index contributed by atoms with van der Waals surface area (Å²) in [6, 6.07) is 10.1. The molecule has 0 unspecified atom stereocenters. The molecule has 0 aliphatic heterocycles. The molecule has 6 nitrogen and oxygen atoms in total. The van der Waals surface area contributed by atoms with Gasteiger partial charge in [0.15, 0.2) is 0 Å². The average molecular weight is 281 g/mol. The van der Waals surface area contributed by atoms with Crippen LogP contribution < -0.4 is 5.73 Å². The third kappa shape index (κ3) is 2.14. The van der Waals surface area contributed by atoms with Crippen molar-refractivity contribution in [3.05, 3.63) is 44.9 Å². The average Bonchev–Trinajstić information content (AvgIpc) is 2.46. The van der Waals surface area contributed by atoms with Crippen LogP contribution in [0.5, 0.6) is 0 Å². The smallest absolute Gasteiger partial charge is 0.123 e. The lowest BCUT2D eigenvalue weighted by Gasteiger charge is -2.09. The molecule has 0 fully saturated rings. The van der Waals surface area contributed by atoms with Gasteiger partial charge in [0.25, 0.3) is 0 Å². The predicted molar refractivity (Wildman–Crippen MR) is 76.4 cm³/mol. The van der Waals surface area contributed by atoms with Crippen molar-refractivity contribution in [2.75, 3.05) is 5.73 Å². The second kappa shape index (κ2) is 5.31. The Bertz CT molecular complexity index is 824. The van der Waals surface area contributed by atoms with Crippen LogP contribution in [0, 0.1) is 32.2 Å². The molecular formula is C13H7N5OS. The lowest BCUT2D eigenvalue weighted by atomic mass is 9.97. The lowest BCUT2D eigenvalue weighted by Crippen LogP contribution is -2.01. The van der Waals surface area contributed by atoms with Gasteiger partial charge in [-0.2, -0.15) is 10.5 Å². The number of hydrogen-bond acceptors (Lipinski definition) is 6. The molecule has 0 atom stereocenters. The van der Waals surface area contributed by atoms with Crippen LogP contribution in [0.3, 0.4) is 0 Å². The molecule has 1 aromatic heterocycles. The summed E-state index contributed by atoms with van der Waals surface area (Å²) in [5, 5.41) is 21.2. The van der Waals surface area contributed by atoms with Gasteiger partial charge in [0, 0.05) is 5.56 Å². The van der Waals surface area contributed by atoms with Crippen LogP contribution in [-0.2, 0) is 0 Å². The van der Waals surface area contributed by atoms with Gasteiger partial charge >= 0.3 is 0 Å². The molecule has 3 N–H and O–H groups in total.